The predicted octanol–water partition coefficient (Wildman–Crippen LogP) is 3.37. The summed E-state index contributed by atoms with van der Waals surface area (Å²) in [6.07, 6.45) is -0.582. The highest BCUT2D eigenvalue weighted by Gasteiger charge is 2.36. The minimum atomic E-state index is -1.99. The van der Waals surface area contributed by atoms with Crippen molar-refractivity contribution in [3.8, 4) is 0 Å². The van der Waals surface area contributed by atoms with Gasteiger partial charge in [0.1, 0.15) is 0 Å². The Morgan fingerprint density at radius 2 is 1.33 bits per heavy atom. The number of halogens is 1. The number of hydrogen-bond donors (Lipinski definition) is 1. The van der Waals surface area contributed by atoms with Crippen molar-refractivity contribution >= 4 is 5.97 Å². The molecule has 0 aliphatic carbocycles. The molecule has 2 aromatic rings. The van der Waals surface area contributed by atoms with Crippen LogP contribution in [0.3, 0.4) is 0 Å². The molecular weight excluding hydrogens is 231 g/mol. The second-order valence-corrected chi connectivity index (χ2v) is 4.10. The van der Waals surface area contributed by atoms with Crippen molar-refractivity contribution in [3.63, 3.8) is 0 Å². The van der Waals surface area contributed by atoms with E-state index in [2.05, 4.69) is 0 Å². The quantitative estimate of drug-likeness (QED) is 0.895. The molecule has 0 aliphatic rings. The molecule has 0 atom stereocenters. The maximum atomic E-state index is 15.1. The van der Waals surface area contributed by atoms with Crippen molar-refractivity contribution in [2.45, 2.75) is 12.1 Å². The molecule has 0 fully saturated rings. The summed E-state index contributed by atoms with van der Waals surface area (Å²) in [5.41, 5.74) is -1.27. The number of benzene rings is 2. The average molecular weight is 244 g/mol. The molecule has 0 heterocycles. The summed E-state index contributed by atoms with van der Waals surface area (Å²) >= 11 is 0. The summed E-state index contributed by atoms with van der Waals surface area (Å²) in [5.74, 6) is -1.16. The van der Waals surface area contributed by atoms with Gasteiger partial charge in [-0.3, -0.25) is 4.79 Å². The van der Waals surface area contributed by atoms with E-state index in [-0.39, 0.29) is 0 Å². The molecular formula is C15H13FO2. The van der Waals surface area contributed by atoms with E-state index in [9.17, 15) is 4.79 Å². The molecule has 92 valence electrons. The van der Waals surface area contributed by atoms with E-state index in [1.54, 1.807) is 60.7 Å². The topological polar surface area (TPSA) is 37.3 Å². The molecule has 0 amide bonds. The van der Waals surface area contributed by atoms with Crippen LogP contribution in [-0.4, -0.2) is 11.1 Å². The largest absolute Gasteiger partial charge is 0.481 e. The van der Waals surface area contributed by atoms with Gasteiger partial charge in [-0.1, -0.05) is 60.7 Å². The zero-order valence-corrected chi connectivity index (χ0v) is 9.71. The van der Waals surface area contributed by atoms with Crippen molar-refractivity contribution in [1.82, 2.24) is 0 Å². The van der Waals surface area contributed by atoms with E-state index in [0.717, 1.165) is 0 Å². The Bertz CT molecular complexity index is 483. The third-order valence-electron chi connectivity index (χ3n) is 2.86. The number of carboxylic acids is 1. The normalized spacial score (nSPS) is 11.2. The summed E-state index contributed by atoms with van der Waals surface area (Å²) < 4.78 is 15.1. The molecule has 2 nitrogen and oxygen atoms in total. The first-order chi connectivity index (χ1) is 8.63. The van der Waals surface area contributed by atoms with Gasteiger partial charge < -0.3 is 5.11 Å². The summed E-state index contributed by atoms with van der Waals surface area (Å²) in [6.45, 7) is 0. The van der Waals surface area contributed by atoms with E-state index in [1.165, 1.54) is 0 Å². The van der Waals surface area contributed by atoms with E-state index in [4.69, 9.17) is 5.11 Å². The number of hydrogen-bond acceptors (Lipinski definition) is 1. The molecule has 18 heavy (non-hydrogen) atoms. The van der Waals surface area contributed by atoms with Gasteiger partial charge in [-0.05, 0) is 11.1 Å². The fourth-order valence-corrected chi connectivity index (χ4v) is 1.98. The average Bonchev–Trinajstić information content (AvgIpc) is 2.40. The molecule has 0 aliphatic heterocycles. The molecule has 0 spiro atoms. The van der Waals surface area contributed by atoms with Crippen molar-refractivity contribution in [3.05, 3.63) is 71.8 Å². The third kappa shape index (κ3) is 2.40. The molecule has 3 heteroatoms. The van der Waals surface area contributed by atoms with E-state index in [0.29, 0.717) is 11.1 Å². The van der Waals surface area contributed by atoms with Crippen molar-refractivity contribution in [2.75, 3.05) is 0 Å². The summed E-state index contributed by atoms with van der Waals surface area (Å²) in [6, 6.07) is 16.8. The Labute approximate surface area is 105 Å². The molecule has 0 bridgehead atoms. The highest BCUT2D eigenvalue weighted by molar-refractivity contribution is 5.70. The van der Waals surface area contributed by atoms with Crippen molar-refractivity contribution in [2.24, 2.45) is 0 Å². The van der Waals surface area contributed by atoms with Crippen LogP contribution in [0, 0.1) is 0 Å². The number of alkyl halides is 1. The Balaban J connectivity index is 2.51. The Morgan fingerprint density at radius 1 is 0.944 bits per heavy atom. The van der Waals surface area contributed by atoms with Crippen LogP contribution in [0.4, 0.5) is 4.39 Å². The van der Waals surface area contributed by atoms with Gasteiger partial charge in [-0.15, -0.1) is 0 Å². The predicted molar refractivity (Wildman–Crippen MR) is 67.0 cm³/mol. The zero-order chi connectivity index (χ0) is 13.0. The first-order valence-electron chi connectivity index (χ1n) is 5.65. The second-order valence-electron chi connectivity index (χ2n) is 4.10. The third-order valence-corrected chi connectivity index (χ3v) is 2.86. The summed E-state index contributed by atoms with van der Waals surface area (Å²) in [5, 5.41) is 8.93. The maximum absolute atomic E-state index is 15.1. The zero-order valence-electron chi connectivity index (χ0n) is 9.71. The number of carbonyl (C=O) groups is 1. The van der Waals surface area contributed by atoms with Crippen LogP contribution >= 0.6 is 0 Å². The van der Waals surface area contributed by atoms with Gasteiger partial charge in [0.25, 0.3) is 0 Å². The van der Waals surface area contributed by atoms with Gasteiger partial charge in [-0.25, -0.2) is 4.39 Å². The molecule has 2 aromatic carbocycles. The van der Waals surface area contributed by atoms with Crippen LogP contribution in [0.5, 0.6) is 0 Å². The minimum absolute atomic E-state index is 0.360. The molecule has 1 N–H and O–H groups in total. The van der Waals surface area contributed by atoms with Crippen molar-refractivity contribution < 1.29 is 14.3 Å². The Morgan fingerprint density at radius 3 is 1.67 bits per heavy atom. The van der Waals surface area contributed by atoms with E-state index < -0.39 is 18.1 Å². The molecule has 0 saturated carbocycles. The van der Waals surface area contributed by atoms with Crippen LogP contribution in [0.15, 0.2) is 60.7 Å². The molecule has 0 unspecified atom stereocenters. The molecule has 0 saturated heterocycles. The van der Waals surface area contributed by atoms with E-state index >= 15 is 4.39 Å². The van der Waals surface area contributed by atoms with Gasteiger partial charge in [0.2, 0.25) is 0 Å². The SMILES string of the molecule is O=C(O)CC(F)(c1ccccc1)c1ccccc1. The molecule has 2 rings (SSSR count). The first kappa shape index (κ1) is 12.3. The second kappa shape index (κ2) is 5.00. The fourth-order valence-electron chi connectivity index (χ4n) is 1.98. The van der Waals surface area contributed by atoms with Gasteiger partial charge in [0.15, 0.2) is 5.67 Å². The van der Waals surface area contributed by atoms with Gasteiger partial charge >= 0.3 is 5.97 Å². The van der Waals surface area contributed by atoms with Crippen LogP contribution in [0.2, 0.25) is 0 Å². The number of rotatable bonds is 4. The Kier molecular flexibility index (Phi) is 3.42. The number of aliphatic carboxylic acids is 1. The summed E-state index contributed by atoms with van der Waals surface area (Å²) in [7, 11) is 0. The van der Waals surface area contributed by atoms with Crippen LogP contribution in [0.25, 0.3) is 0 Å². The maximum Gasteiger partial charge on any atom is 0.307 e. The molecule has 0 aromatic heterocycles. The lowest BCUT2D eigenvalue weighted by atomic mass is 9.85. The lowest BCUT2D eigenvalue weighted by Crippen LogP contribution is -2.25. The van der Waals surface area contributed by atoms with E-state index in [1.807, 2.05) is 0 Å². The van der Waals surface area contributed by atoms with Crippen molar-refractivity contribution in [1.29, 1.82) is 0 Å². The Hall–Kier alpha value is -2.16. The van der Waals surface area contributed by atoms with Crippen LogP contribution in [-0.2, 0) is 10.5 Å². The van der Waals surface area contributed by atoms with Crippen LogP contribution in [0.1, 0.15) is 17.5 Å². The summed E-state index contributed by atoms with van der Waals surface area (Å²) in [4.78, 5) is 10.9. The van der Waals surface area contributed by atoms with Crippen LogP contribution < -0.4 is 0 Å². The fraction of sp³-hybridized carbons (Fsp3) is 0.133. The van der Waals surface area contributed by atoms with Gasteiger partial charge in [-0.2, -0.15) is 0 Å². The standard InChI is InChI=1S/C15H13FO2/c16-15(11-14(17)18,12-7-3-1-4-8-12)13-9-5-2-6-10-13/h1-10H,11H2,(H,17,18). The minimum Gasteiger partial charge on any atom is -0.481 e. The smallest absolute Gasteiger partial charge is 0.307 e. The lowest BCUT2D eigenvalue weighted by Gasteiger charge is -2.24. The first-order valence-corrected chi connectivity index (χ1v) is 5.65. The number of carboxylic acid groups (broad SMARTS) is 1. The lowest BCUT2D eigenvalue weighted by molar-refractivity contribution is -0.139. The highest BCUT2D eigenvalue weighted by atomic mass is 19.1. The van der Waals surface area contributed by atoms with Gasteiger partial charge in [0, 0.05) is 0 Å². The monoisotopic (exact) mass is 244 g/mol. The van der Waals surface area contributed by atoms with Gasteiger partial charge in [0.05, 0.1) is 6.42 Å². The molecule has 0 radical (unpaired) electrons. The highest BCUT2D eigenvalue weighted by Crippen LogP contribution is 2.37.